The minimum Gasteiger partial charge on any atom is -0.447 e. The molecule has 0 N–H and O–H groups in total. The number of carbonyl (C=O) groups excluding carboxylic acids is 1. The molecule has 2 fully saturated rings. The van der Waals surface area contributed by atoms with Gasteiger partial charge in [0.1, 0.15) is 6.61 Å². The van der Waals surface area contributed by atoms with Crippen LogP contribution in [0.2, 0.25) is 0 Å². The van der Waals surface area contributed by atoms with Crippen molar-refractivity contribution >= 4 is 6.09 Å². The largest absolute Gasteiger partial charge is 0.447 e. The van der Waals surface area contributed by atoms with Crippen LogP contribution in [-0.2, 0) is 4.74 Å². The Morgan fingerprint density at radius 3 is 2.68 bits per heavy atom. The fourth-order valence-corrected chi connectivity index (χ4v) is 3.05. The van der Waals surface area contributed by atoms with Gasteiger partial charge in [-0.25, -0.2) is 4.79 Å². The van der Waals surface area contributed by atoms with Crippen LogP contribution in [0.15, 0.2) is 0 Å². The highest BCUT2D eigenvalue weighted by molar-refractivity contribution is 5.70. The molecule has 0 aromatic carbocycles. The number of hydrogen-bond acceptors (Lipinski definition) is 3. The molecule has 0 aromatic heterocycles. The van der Waals surface area contributed by atoms with Crippen LogP contribution < -0.4 is 0 Å². The molecule has 1 amide bonds. The topological polar surface area (TPSA) is 32.8 Å². The summed E-state index contributed by atoms with van der Waals surface area (Å²) in [5.74, 6) is 0. The zero-order chi connectivity index (χ0) is 13.5. The smallest absolute Gasteiger partial charge is 0.410 e. The van der Waals surface area contributed by atoms with Gasteiger partial charge in [-0.1, -0.05) is 26.2 Å². The summed E-state index contributed by atoms with van der Waals surface area (Å²) in [7, 11) is 0. The molecular weight excluding hydrogens is 240 g/mol. The molecule has 110 valence electrons. The SMILES string of the molecule is CCCCCN1C(=O)OCC1CCN1CCCCC1. The number of hydrogen-bond donors (Lipinski definition) is 0. The molecular formula is C15H28N2O2. The van der Waals surface area contributed by atoms with Gasteiger partial charge in [-0.05, 0) is 38.8 Å². The van der Waals surface area contributed by atoms with Gasteiger partial charge in [-0.15, -0.1) is 0 Å². The highest BCUT2D eigenvalue weighted by atomic mass is 16.6. The van der Waals surface area contributed by atoms with Crippen molar-refractivity contribution in [3.8, 4) is 0 Å². The van der Waals surface area contributed by atoms with Crippen molar-refractivity contribution in [2.24, 2.45) is 0 Å². The van der Waals surface area contributed by atoms with Crippen LogP contribution in [-0.4, -0.2) is 54.7 Å². The van der Waals surface area contributed by atoms with E-state index in [1.807, 2.05) is 4.90 Å². The number of ether oxygens (including phenoxy) is 1. The molecule has 0 saturated carbocycles. The standard InChI is InChI=1S/C15H28N2O2/c1-2-3-5-11-17-14(13-19-15(17)18)8-12-16-9-6-4-7-10-16/h14H,2-13H2,1H3. The summed E-state index contributed by atoms with van der Waals surface area (Å²) in [4.78, 5) is 16.2. The van der Waals surface area contributed by atoms with Gasteiger partial charge in [-0.3, -0.25) is 0 Å². The van der Waals surface area contributed by atoms with E-state index in [0.717, 1.165) is 25.9 Å². The molecule has 0 bridgehead atoms. The van der Waals surface area contributed by atoms with Crippen LogP contribution in [0, 0.1) is 0 Å². The molecule has 2 saturated heterocycles. The number of carbonyl (C=O) groups is 1. The van der Waals surface area contributed by atoms with Crippen LogP contribution >= 0.6 is 0 Å². The molecule has 0 aromatic rings. The summed E-state index contributed by atoms with van der Waals surface area (Å²) in [5.41, 5.74) is 0. The van der Waals surface area contributed by atoms with E-state index < -0.39 is 0 Å². The van der Waals surface area contributed by atoms with E-state index in [4.69, 9.17) is 4.74 Å². The van der Waals surface area contributed by atoms with Crippen molar-refractivity contribution in [3.05, 3.63) is 0 Å². The van der Waals surface area contributed by atoms with Crippen molar-refractivity contribution in [3.63, 3.8) is 0 Å². The number of piperidine rings is 1. The van der Waals surface area contributed by atoms with Crippen LogP contribution in [0.5, 0.6) is 0 Å². The van der Waals surface area contributed by atoms with Crippen LogP contribution in [0.1, 0.15) is 51.9 Å². The van der Waals surface area contributed by atoms with Crippen molar-refractivity contribution in [1.29, 1.82) is 0 Å². The molecule has 4 heteroatoms. The Bertz CT molecular complexity index is 277. The Balaban J connectivity index is 1.72. The van der Waals surface area contributed by atoms with Crippen molar-refractivity contribution in [2.75, 3.05) is 32.8 Å². The molecule has 1 unspecified atom stereocenters. The van der Waals surface area contributed by atoms with Gasteiger partial charge in [0.2, 0.25) is 0 Å². The Hall–Kier alpha value is -0.770. The summed E-state index contributed by atoms with van der Waals surface area (Å²) in [6, 6.07) is 0.311. The molecule has 1 atom stereocenters. The molecule has 0 aliphatic carbocycles. The monoisotopic (exact) mass is 268 g/mol. The number of unbranched alkanes of at least 4 members (excludes halogenated alkanes) is 2. The zero-order valence-electron chi connectivity index (χ0n) is 12.3. The molecule has 2 rings (SSSR count). The summed E-state index contributed by atoms with van der Waals surface area (Å²) in [6.45, 7) is 7.24. The predicted molar refractivity (Wildman–Crippen MR) is 76.3 cm³/mol. The number of rotatable bonds is 7. The van der Waals surface area contributed by atoms with Crippen molar-refractivity contribution < 1.29 is 9.53 Å². The number of cyclic esters (lactones) is 1. The van der Waals surface area contributed by atoms with Gasteiger partial charge >= 0.3 is 6.09 Å². The van der Waals surface area contributed by atoms with Crippen LogP contribution in [0.3, 0.4) is 0 Å². The van der Waals surface area contributed by atoms with Gasteiger partial charge in [0, 0.05) is 13.1 Å². The molecule has 2 aliphatic heterocycles. The fourth-order valence-electron chi connectivity index (χ4n) is 3.05. The minimum absolute atomic E-state index is 0.0975. The van der Waals surface area contributed by atoms with Crippen molar-refractivity contribution in [1.82, 2.24) is 9.80 Å². The number of likely N-dealkylation sites (tertiary alicyclic amines) is 1. The maximum absolute atomic E-state index is 11.7. The summed E-state index contributed by atoms with van der Waals surface area (Å²) in [6.07, 6.45) is 8.51. The first-order valence-electron chi connectivity index (χ1n) is 7.97. The number of amides is 1. The molecule has 4 nitrogen and oxygen atoms in total. The van der Waals surface area contributed by atoms with E-state index in [2.05, 4.69) is 11.8 Å². The first-order chi connectivity index (χ1) is 9.31. The maximum Gasteiger partial charge on any atom is 0.410 e. The second kappa shape index (κ2) is 7.73. The average Bonchev–Trinajstić information content (AvgIpc) is 2.79. The van der Waals surface area contributed by atoms with Gasteiger partial charge in [-0.2, -0.15) is 0 Å². The Morgan fingerprint density at radius 1 is 1.16 bits per heavy atom. The third-order valence-electron chi connectivity index (χ3n) is 4.30. The fraction of sp³-hybridized carbons (Fsp3) is 0.933. The molecule has 2 aliphatic rings. The van der Waals surface area contributed by atoms with Gasteiger partial charge in [0.25, 0.3) is 0 Å². The molecule has 2 heterocycles. The third kappa shape index (κ3) is 4.37. The Kier molecular flexibility index (Phi) is 5.95. The van der Waals surface area contributed by atoms with E-state index in [1.165, 1.54) is 45.2 Å². The second-order valence-corrected chi connectivity index (χ2v) is 5.82. The van der Waals surface area contributed by atoms with Gasteiger partial charge in [0.15, 0.2) is 0 Å². The highest BCUT2D eigenvalue weighted by Crippen LogP contribution is 2.18. The van der Waals surface area contributed by atoms with E-state index >= 15 is 0 Å². The lowest BCUT2D eigenvalue weighted by Gasteiger charge is -2.29. The third-order valence-corrected chi connectivity index (χ3v) is 4.30. The normalized spacial score (nSPS) is 24.8. The summed E-state index contributed by atoms with van der Waals surface area (Å²) in [5, 5.41) is 0. The average molecular weight is 268 g/mol. The molecule has 19 heavy (non-hydrogen) atoms. The van der Waals surface area contributed by atoms with Crippen LogP contribution in [0.4, 0.5) is 4.79 Å². The molecule has 0 radical (unpaired) electrons. The Morgan fingerprint density at radius 2 is 1.95 bits per heavy atom. The van der Waals surface area contributed by atoms with Crippen molar-refractivity contribution in [2.45, 2.75) is 57.9 Å². The lowest BCUT2D eigenvalue weighted by Crippen LogP contribution is -2.38. The van der Waals surface area contributed by atoms with Gasteiger partial charge < -0.3 is 14.5 Å². The lowest BCUT2D eigenvalue weighted by molar-refractivity contribution is 0.156. The molecule has 0 spiro atoms. The van der Waals surface area contributed by atoms with E-state index in [-0.39, 0.29) is 6.09 Å². The van der Waals surface area contributed by atoms with Gasteiger partial charge in [0.05, 0.1) is 6.04 Å². The van der Waals surface area contributed by atoms with E-state index in [1.54, 1.807) is 0 Å². The quantitative estimate of drug-likeness (QED) is 0.666. The number of nitrogens with zero attached hydrogens (tertiary/aromatic N) is 2. The zero-order valence-corrected chi connectivity index (χ0v) is 12.3. The second-order valence-electron chi connectivity index (χ2n) is 5.82. The Labute approximate surface area is 117 Å². The van der Waals surface area contributed by atoms with E-state index in [0.29, 0.717) is 12.6 Å². The first kappa shape index (κ1) is 14.6. The summed E-state index contributed by atoms with van der Waals surface area (Å²) < 4.78 is 5.22. The minimum atomic E-state index is -0.0975. The highest BCUT2D eigenvalue weighted by Gasteiger charge is 2.32. The lowest BCUT2D eigenvalue weighted by atomic mass is 10.1. The predicted octanol–water partition coefficient (Wildman–Crippen LogP) is 2.87. The van der Waals surface area contributed by atoms with Crippen LogP contribution in [0.25, 0.3) is 0 Å². The van der Waals surface area contributed by atoms with E-state index in [9.17, 15) is 4.79 Å². The maximum atomic E-state index is 11.7. The first-order valence-corrected chi connectivity index (χ1v) is 7.97. The summed E-state index contributed by atoms with van der Waals surface area (Å²) >= 11 is 0.